The van der Waals surface area contributed by atoms with Crippen molar-refractivity contribution >= 4 is 0 Å². The second-order valence-electron chi connectivity index (χ2n) is 7.07. The third-order valence-electron chi connectivity index (χ3n) is 5.09. The minimum absolute atomic E-state index is 0.181. The number of rotatable bonds is 5. The molecule has 0 aliphatic heterocycles. The first-order chi connectivity index (χ1) is 11.5. The van der Waals surface area contributed by atoms with Gasteiger partial charge in [-0.15, -0.1) is 0 Å². The van der Waals surface area contributed by atoms with Gasteiger partial charge in [-0.2, -0.15) is 0 Å². The SMILES string of the molecule is COOCc1c(C)coc1-c1ccc2c(c1OC)CCCC2(C)C. The lowest BCUT2D eigenvalue weighted by Gasteiger charge is -2.34. The van der Waals surface area contributed by atoms with Crippen LogP contribution >= 0.6 is 0 Å². The quantitative estimate of drug-likeness (QED) is 0.574. The lowest BCUT2D eigenvalue weighted by Crippen LogP contribution is -2.24. The van der Waals surface area contributed by atoms with Gasteiger partial charge < -0.3 is 9.15 Å². The van der Waals surface area contributed by atoms with Crippen LogP contribution in [0.2, 0.25) is 0 Å². The Bertz CT molecular complexity index is 727. The zero-order valence-electron chi connectivity index (χ0n) is 15.2. The van der Waals surface area contributed by atoms with E-state index < -0.39 is 0 Å². The molecule has 0 saturated heterocycles. The molecule has 4 heteroatoms. The van der Waals surface area contributed by atoms with E-state index in [4.69, 9.17) is 18.9 Å². The number of hydrogen-bond acceptors (Lipinski definition) is 4. The van der Waals surface area contributed by atoms with Gasteiger partial charge in [0.1, 0.15) is 18.1 Å². The van der Waals surface area contributed by atoms with Gasteiger partial charge in [0.25, 0.3) is 0 Å². The highest BCUT2D eigenvalue weighted by molar-refractivity contribution is 5.73. The van der Waals surface area contributed by atoms with E-state index in [0.29, 0.717) is 6.61 Å². The third-order valence-corrected chi connectivity index (χ3v) is 5.09. The van der Waals surface area contributed by atoms with Crippen LogP contribution in [0.4, 0.5) is 0 Å². The Morgan fingerprint density at radius 1 is 1.21 bits per heavy atom. The first-order valence-electron chi connectivity index (χ1n) is 8.43. The second-order valence-corrected chi connectivity index (χ2v) is 7.07. The van der Waals surface area contributed by atoms with Crippen LogP contribution in [0.25, 0.3) is 11.3 Å². The molecule has 0 unspecified atom stereocenters. The van der Waals surface area contributed by atoms with Gasteiger partial charge in [0, 0.05) is 5.56 Å². The molecule has 0 saturated carbocycles. The van der Waals surface area contributed by atoms with Crippen molar-refractivity contribution < 1.29 is 18.9 Å². The normalized spacial score (nSPS) is 16.0. The maximum atomic E-state index is 5.85. The van der Waals surface area contributed by atoms with Gasteiger partial charge in [-0.25, -0.2) is 9.78 Å². The van der Waals surface area contributed by atoms with Gasteiger partial charge >= 0.3 is 0 Å². The second kappa shape index (κ2) is 6.61. The highest BCUT2D eigenvalue weighted by Gasteiger charge is 2.31. The molecule has 1 aliphatic rings. The Kier molecular flexibility index (Phi) is 4.70. The first-order valence-corrected chi connectivity index (χ1v) is 8.43. The topological polar surface area (TPSA) is 40.8 Å². The Balaban J connectivity index is 2.13. The van der Waals surface area contributed by atoms with Crippen LogP contribution in [-0.4, -0.2) is 14.2 Å². The number of hydrogen-bond donors (Lipinski definition) is 0. The summed E-state index contributed by atoms with van der Waals surface area (Å²) in [6.45, 7) is 6.97. The van der Waals surface area contributed by atoms with Crippen molar-refractivity contribution in [2.45, 2.75) is 52.1 Å². The summed E-state index contributed by atoms with van der Waals surface area (Å²) in [6, 6.07) is 4.34. The number of aryl methyl sites for hydroxylation is 1. The fourth-order valence-corrected chi connectivity index (χ4v) is 3.76. The molecule has 0 bridgehead atoms. The van der Waals surface area contributed by atoms with Crippen molar-refractivity contribution in [3.05, 3.63) is 40.6 Å². The van der Waals surface area contributed by atoms with Crippen molar-refractivity contribution in [3.8, 4) is 17.1 Å². The van der Waals surface area contributed by atoms with Crippen LogP contribution in [0.3, 0.4) is 0 Å². The molecule has 0 fully saturated rings. The summed E-state index contributed by atoms with van der Waals surface area (Å²) in [4.78, 5) is 9.90. The maximum Gasteiger partial charge on any atom is 0.143 e. The average molecular weight is 330 g/mol. The molecule has 0 spiro atoms. The molecule has 1 aromatic carbocycles. The highest BCUT2D eigenvalue weighted by Crippen LogP contribution is 2.45. The molecule has 4 nitrogen and oxygen atoms in total. The standard InChI is InChI=1S/C20H26O4/c1-13-11-23-19(16(13)12-24-22-5)15-8-9-17-14(18(15)21-4)7-6-10-20(17,2)3/h8-9,11H,6-7,10,12H2,1-5H3. The van der Waals surface area contributed by atoms with E-state index in [2.05, 4.69) is 26.0 Å². The van der Waals surface area contributed by atoms with Gasteiger partial charge in [-0.1, -0.05) is 19.9 Å². The maximum absolute atomic E-state index is 5.85. The van der Waals surface area contributed by atoms with Crippen LogP contribution < -0.4 is 4.74 Å². The van der Waals surface area contributed by atoms with Crippen molar-refractivity contribution in [2.24, 2.45) is 0 Å². The molecule has 1 aromatic heterocycles. The summed E-state index contributed by atoms with van der Waals surface area (Å²) in [7, 11) is 3.25. The fourth-order valence-electron chi connectivity index (χ4n) is 3.76. The van der Waals surface area contributed by atoms with E-state index in [1.165, 1.54) is 31.1 Å². The van der Waals surface area contributed by atoms with E-state index in [9.17, 15) is 0 Å². The van der Waals surface area contributed by atoms with Gasteiger partial charge in [0.15, 0.2) is 0 Å². The molecule has 0 N–H and O–H groups in total. The molecule has 1 heterocycles. The molecule has 0 amide bonds. The lowest BCUT2D eigenvalue weighted by molar-refractivity contribution is -0.282. The Morgan fingerprint density at radius 3 is 2.71 bits per heavy atom. The summed E-state index contributed by atoms with van der Waals surface area (Å²) in [5.41, 5.74) is 5.89. The predicted molar refractivity (Wildman–Crippen MR) is 93.2 cm³/mol. The van der Waals surface area contributed by atoms with Gasteiger partial charge in [0.2, 0.25) is 0 Å². The average Bonchev–Trinajstić information content (AvgIpc) is 2.92. The lowest BCUT2D eigenvalue weighted by atomic mass is 9.72. The molecule has 0 atom stereocenters. The van der Waals surface area contributed by atoms with Gasteiger partial charge in [-0.3, -0.25) is 0 Å². The van der Waals surface area contributed by atoms with E-state index in [1.807, 2.05) is 6.92 Å². The van der Waals surface area contributed by atoms with E-state index in [-0.39, 0.29) is 5.41 Å². The van der Waals surface area contributed by atoms with Crippen molar-refractivity contribution in [3.63, 3.8) is 0 Å². The number of methoxy groups -OCH3 is 1. The minimum atomic E-state index is 0.181. The van der Waals surface area contributed by atoms with Crippen molar-refractivity contribution in [1.82, 2.24) is 0 Å². The molecule has 2 aromatic rings. The van der Waals surface area contributed by atoms with Crippen LogP contribution in [-0.2, 0) is 28.2 Å². The monoisotopic (exact) mass is 330 g/mol. The molecule has 0 radical (unpaired) electrons. The summed E-state index contributed by atoms with van der Waals surface area (Å²) >= 11 is 0. The Morgan fingerprint density at radius 2 is 2.00 bits per heavy atom. The zero-order valence-corrected chi connectivity index (χ0v) is 15.2. The molecular formula is C20H26O4. The molecule has 1 aliphatic carbocycles. The summed E-state index contributed by atoms with van der Waals surface area (Å²) in [5, 5.41) is 0. The molecule has 24 heavy (non-hydrogen) atoms. The minimum Gasteiger partial charge on any atom is -0.496 e. The van der Waals surface area contributed by atoms with E-state index in [1.54, 1.807) is 13.4 Å². The largest absolute Gasteiger partial charge is 0.496 e. The summed E-state index contributed by atoms with van der Waals surface area (Å²) < 4.78 is 11.7. The van der Waals surface area contributed by atoms with Gasteiger partial charge in [-0.05, 0) is 54.4 Å². The van der Waals surface area contributed by atoms with E-state index in [0.717, 1.165) is 34.6 Å². The van der Waals surface area contributed by atoms with Crippen LogP contribution in [0.1, 0.15) is 48.9 Å². The van der Waals surface area contributed by atoms with Crippen LogP contribution in [0, 0.1) is 6.92 Å². The zero-order chi connectivity index (χ0) is 17.3. The first kappa shape index (κ1) is 17.1. The number of fused-ring (bicyclic) bond motifs is 1. The molecular weight excluding hydrogens is 304 g/mol. The van der Waals surface area contributed by atoms with E-state index >= 15 is 0 Å². The number of ether oxygens (including phenoxy) is 1. The Labute approximate surface area is 143 Å². The predicted octanol–water partition coefficient (Wildman–Crippen LogP) is 4.96. The summed E-state index contributed by atoms with van der Waals surface area (Å²) in [5.74, 6) is 1.72. The molecule has 130 valence electrons. The fraction of sp³-hybridized carbons (Fsp3) is 0.500. The number of furan rings is 1. The molecule has 3 rings (SSSR count). The number of benzene rings is 1. The Hall–Kier alpha value is -1.78. The third kappa shape index (κ3) is 2.85. The van der Waals surface area contributed by atoms with Crippen molar-refractivity contribution in [1.29, 1.82) is 0 Å². The highest BCUT2D eigenvalue weighted by atomic mass is 17.2. The smallest absolute Gasteiger partial charge is 0.143 e. The van der Waals surface area contributed by atoms with Crippen LogP contribution in [0.5, 0.6) is 5.75 Å². The van der Waals surface area contributed by atoms with Crippen LogP contribution in [0.15, 0.2) is 22.8 Å². The summed E-state index contributed by atoms with van der Waals surface area (Å²) in [6.07, 6.45) is 5.18. The van der Waals surface area contributed by atoms with Crippen molar-refractivity contribution in [2.75, 3.05) is 14.2 Å². The van der Waals surface area contributed by atoms with Gasteiger partial charge in [0.05, 0.1) is 26.0 Å².